The van der Waals surface area contributed by atoms with E-state index in [9.17, 15) is 14.4 Å². The van der Waals surface area contributed by atoms with Gasteiger partial charge in [-0.25, -0.2) is 4.79 Å². The second kappa shape index (κ2) is 15.5. The first kappa shape index (κ1) is 27.8. The Morgan fingerprint density at radius 3 is 2.14 bits per heavy atom. The molecule has 192 valence electrons. The molecule has 0 aromatic heterocycles. The van der Waals surface area contributed by atoms with Crippen molar-refractivity contribution in [2.24, 2.45) is 0 Å². The van der Waals surface area contributed by atoms with Crippen LogP contribution in [0.15, 0.2) is 30.4 Å². The van der Waals surface area contributed by atoms with Gasteiger partial charge in [-0.15, -0.1) is 0 Å². The topological polar surface area (TPSA) is 130 Å². The van der Waals surface area contributed by atoms with Gasteiger partial charge in [0.2, 0.25) is 5.75 Å². The Morgan fingerprint density at radius 2 is 1.57 bits per heavy atom. The van der Waals surface area contributed by atoms with Gasteiger partial charge in [0.1, 0.15) is 13.2 Å². The first-order chi connectivity index (χ1) is 17.0. The summed E-state index contributed by atoms with van der Waals surface area (Å²) < 4.78 is 32.2. The molecule has 0 atom stereocenters. The van der Waals surface area contributed by atoms with Crippen molar-refractivity contribution in [1.29, 1.82) is 0 Å². The van der Waals surface area contributed by atoms with Crippen LogP contribution in [-0.2, 0) is 28.6 Å². The van der Waals surface area contributed by atoms with Crippen molar-refractivity contribution in [3.8, 4) is 17.2 Å². The summed E-state index contributed by atoms with van der Waals surface area (Å²) in [5.41, 5.74) is 0.639. The van der Waals surface area contributed by atoms with E-state index in [1.807, 2.05) is 0 Å². The third kappa shape index (κ3) is 9.77. The van der Waals surface area contributed by atoms with Crippen LogP contribution >= 0.6 is 0 Å². The molecule has 2 rings (SSSR count). The van der Waals surface area contributed by atoms with Gasteiger partial charge in [0.05, 0.1) is 47.3 Å². The van der Waals surface area contributed by atoms with E-state index in [4.69, 9.17) is 33.5 Å². The first-order valence-electron chi connectivity index (χ1n) is 11.0. The number of carbonyl (C=O) groups excluding carboxylic acids is 2. The number of hydrogen-bond donors (Lipinski definition) is 1. The van der Waals surface area contributed by atoms with Crippen LogP contribution in [0.3, 0.4) is 0 Å². The number of rotatable bonds is 16. The highest BCUT2D eigenvalue weighted by Gasteiger charge is 2.19. The molecule has 11 nitrogen and oxygen atoms in total. The molecule has 0 unspecified atom stereocenters. The van der Waals surface area contributed by atoms with Crippen LogP contribution in [0.1, 0.15) is 12.0 Å². The number of methoxy groups -OCH3 is 2. The normalized spacial score (nSPS) is 13.3. The Bertz CT molecular complexity index is 887. The number of amides is 2. The molecule has 1 aromatic rings. The molecule has 1 aliphatic heterocycles. The number of benzene rings is 1. The lowest BCUT2D eigenvalue weighted by Crippen LogP contribution is -2.37. The summed E-state index contributed by atoms with van der Waals surface area (Å²) in [5, 5.41) is 8.45. The minimum atomic E-state index is -1.02. The Balaban J connectivity index is 1.80. The highest BCUT2D eigenvalue weighted by atomic mass is 16.6. The lowest BCUT2D eigenvalue weighted by Gasteiger charge is -2.19. The second-order valence-corrected chi connectivity index (χ2v) is 7.13. The molecule has 1 aromatic carbocycles. The van der Waals surface area contributed by atoms with Crippen LogP contribution in [-0.4, -0.2) is 94.8 Å². The van der Waals surface area contributed by atoms with Crippen molar-refractivity contribution < 1.29 is 47.9 Å². The predicted octanol–water partition coefficient (Wildman–Crippen LogP) is 1.55. The summed E-state index contributed by atoms with van der Waals surface area (Å²) in [6, 6.07) is 3.39. The zero-order valence-electron chi connectivity index (χ0n) is 19.9. The van der Waals surface area contributed by atoms with Gasteiger partial charge in [-0.1, -0.05) is 6.08 Å². The van der Waals surface area contributed by atoms with Crippen molar-refractivity contribution >= 4 is 23.9 Å². The summed E-state index contributed by atoms with van der Waals surface area (Å²) in [5.74, 6) is -0.525. The molecule has 11 heteroatoms. The summed E-state index contributed by atoms with van der Waals surface area (Å²) in [6.07, 6.45) is 6.69. The number of ether oxygens (including phenoxy) is 6. The molecule has 0 radical (unpaired) electrons. The van der Waals surface area contributed by atoms with Gasteiger partial charge in [0.15, 0.2) is 11.5 Å². The molecule has 0 saturated heterocycles. The van der Waals surface area contributed by atoms with E-state index in [0.717, 1.165) is 0 Å². The monoisotopic (exact) mass is 493 g/mol. The molecule has 2 amide bonds. The van der Waals surface area contributed by atoms with Crippen LogP contribution in [0.4, 0.5) is 0 Å². The molecule has 0 fully saturated rings. The number of nitrogens with zero attached hydrogens (tertiary/aromatic N) is 1. The number of carboxylic acid groups (broad SMARTS) is 1. The fourth-order valence-corrected chi connectivity index (χ4v) is 3.00. The molecule has 35 heavy (non-hydrogen) atoms. The highest BCUT2D eigenvalue weighted by Crippen LogP contribution is 2.39. The molecular formula is C24H31NO10. The fraction of sp³-hybridized carbons (Fsp3) is 0.458. The second-order valence-electron chi connectivity index (χ2n) is 7.13. The van der Waals surface area contributed by atoms with E-state index < -0.39 is 11.9 Å². The maximum atomic E-state index is 12.3. The van der Waals surface area contributed by atoms with Crippen LogP contribution in [0.5, 0.6) is 17.2 Å². The minimum absolute atomic E-state index is 0.196. The smallest absolute Gasteiger partial charge is 0.329 e. The van der Waals surface area contributed by atoms with Crippen molar-refractivity contribution in [2.45, 2.75) is 6.42 Å². The highest BCUT2D eigenvalue weighted by molar-refractivity contribution is 6.06. The summed E-state index contributed by atoms with van der Waals surface area (Å²) >= 11 is 0. The van der Waals surface area contributed by atoms with Crippen LogP contribution < -0.4 is 14.2 Å². The third-order valence-electron chi connectivity index (χ3n) is 4.66. The number of carbonyl (C=O) groups is 3. The SMILES string of the molecule is COc1cc(C=CC(=O)N2CCC=CC2=O)cc(OC)c1OCCOCCOCCOCC(=O)O. The van der Waals surface area contributed by atoms with Crippen molar-refractivity contribution in [2.75, 3.05) is 67.0 Å². The Morgan fingerprint density at radius 1 is 0.971 bits per heavy atom. The Hall–Kier alpha value is -3.41. The predicted molar refractivity (Wildman–Crippen MR) is 125 cm³/mol. The van der Waals surface area contributed by atoms with Crippen molar-refractivity contribution in [3.05, 3.63) is 35.9 Å². The third-order valence-corrected chi connectivity index (χ3v) is 4.66. The van der Waals surface area contributed by atoms with E-state index in [2.05, 4.69) is 0 Å². The minimum Gasteiger partial charge on any atom is -0.493 e. The number of hydrogen-bond acceptors (Lipinski definition) is 9. The molecule has 1 N–H and O–H groups in total. The average Bonchev–Trinajstić information content (AvgIpc) is 2.85. The van der Waals surface area contributed by atoms with Crippen molar-refractivity contribution in [3.63, 3.8) is 0 Å². The number of aliphatic carboxylic acids is 1. The van der Waals surface area contributed by atoms with Gasteiger partial charge in [0.25, 0.3) is 11.8 Å². The lowest BCUT2D eigenvalue weighted by atomic mass is 10.1. The van der Waals surface area contributed by atoms with E-state index in [1.165, 1.54) is 31.3 Å². The average molecular weight is 494 g/mol. The molecule has 0 bridgehead atoms. The summed E-state index contributed by atoms with van der Waals surface area (Å²) in [7, 11) is 2.99. The van der Waals surface area contributed by atoms with Crippen molar-refractivity contribution in [1.82, 2.24) is 4.90 Å². The van der Waals surface area contributed by atoms with E-state index in [-0.39, 0.29) is 32.3 Å². The maximum Gasteiger partial charge on any atom is 0.329 e. The van der Waals surface area contributed by atoms with Gasteiger partial charge in [-0.2, -0.15) is 0 Å². The van der Waals surface area contributed by atoms with Gasteiger partial charge in [0, 0.05) is 12.6 Å². The standard InChI is InChI=1S/C24H31NO10/c1-30-19-15-18(6-7-22(27)25-8-4-3-5-21(25)26)16-20(31-2)24(19)35-14-13-33-10-9-32-11-12-34-17-23(28)29/h3,5-7,15-16H,4,8-14,17H2,1-2H3,(H,28,29). The molecule has 1 heterocycles. The van der Waals surface area contributed by atoms with Crippen LogP contribution in [0.2, 0.25) is 0 Å². The molecule has 0 spiro atoms. The maximum absolute atomic E-state index is 12.3. The van der Waals surface area contributed by atoms with Crippen LogP contribution in [0, 0.1) is 0 Å². The molecule has 0 saturated carbocycles. The van der Waals surface area contributed by atoms with E-state index in [1.54, 1.807) is 24.3 Å². The fourth-order valence-electron chi connectivity index (χ4n) is 3.00. The Kier molecular flexibility index (Phi) is 12.3. The van der Waals surface area contributed by atoms with Gasteiger partial charge >= 0.3 is 5.97 Å². The lowest BCUT2D eigenvalue weighted by molar-refractivity contribution is -0.143. The zero-order chi connectivity index (χ0) is 25.5. The van der Waals surface area contributed by atoms with Crippen LogP contribution in [0.25, 0.3) is 6.08 Å². The quantitative estimate of drug-likeness (QED) is 0.267. The van der Waals surface area contributed by atoms with E-state index in [0.29, 0.717) is 55.6 Å². The van der Waals surface area contributed by atoms with E-state index >= 15 is 0 Å². The zero-order valence-corrected chi connectivity index (χ0v) is 19.9. The summed E-state index contributed by atoms with van der Waals surface area (Å²) in [4.78, 5) is 35.7. The number of imide groups is 1. The Labute approximate surface area is 203 Å². The molecule has 1 aliphatic rings. The van der Waals surface area contributed by atoms with Gasteiger partial charge in [-0.3, -0.25) is 14.5 Å². The van der Waals surface area contributed by atoms with Gasteiger partial charge < -0.3 is 33.5 Å². The molecular weight excluding hydrogens is 462 g/mol. The van der Waals surface area contributed by atoms with Gasteiger partial charge in [-0.05, 0) is 36.3 Å². The number of carboxylic acids is 1. The summed E-state index contributed by atoms with van der Waals surface area (Å²) in [6.45, 7) is 1.67. The molecule has 0 aliphatic carbocycles. The first-order valence-corrected chi connectivity index (χ1v) is 11.0. The largest absolute Gasteiger partial charge is 0.493 e.